The molecule has 0 saturated carbocycles. The summed E-state index contributed by atoms with van der Waals surface area (Å²) in [7, 11) is 0. The van der Waals surface area contributed by atoms with E-state index in [4.69, 9.17) is 5.73 Å². The lowest BCUT2D eigenvalue weighted by atomic mass is 10.0. The van der Waals surface area contributed by atoms with Crippen molar-refractivity contribution in [2.45, 2.75) is 12.5 Å². The van der Waals surface area contributed by atoms with E-state index < -0.39 is 24.4 Å². The van der Waals surface area contributed by atoms with E-state index >= 15 is 0 Å². The molecule has 1 aromatic carbocycles. The first-order chi connectivity index (χ1) is 6.15. The maximum atomic E-state index is 13.0. The van der Waals surface area contributed by atoms with Crippen molar-refractivity contribution in [3.05, 3.63) is 35.4 Å². The number of hydrogen-bond acceptors (Lipinski definition) is 1. The van der Waals surface area contributed by atoms with Crippen molar-refractivity contribution >= 4 is 0 Å². The fourth-order valence-electron chi connectivity index (χ4n) is 1.08. The largest absolute Gasteiger partial charge is 0.324 e. The van der Waals surface area contributed by atoms with E-state index in [2.05, 4.69) is 0 Å². The van der Waals surface area contributed by atoms with Crippen molar-refractivity contribution in [1.29, 1.82) is 0 Å². The first kappa shape index (κ1) is 10.1. The van der Waals surface area contributed by atoms with Gasteiger partial charge in [0.1, 0.15) is 11.6 Å². The maximum absolute atomic E-state index is 13.0. The van der Waals surface area contributed by atoms with Gasteiger partial charge in [-0.15, -0.1) is 0 Å². The number of alkyl halides is 1. The van der Waals surface area contributed by atoms with Gasteiger partial charge in [-0.25, -0.2) is 8.78 Å². The van der Waals surface area contributed by atoms with Crippen molar-refractivity contribution < 1.29 is 13.2 Å². The average molecular weight is 189 g/mol. The molecule has 0 saturated heterocycles. The first-order valence-electron chi connectivity index (χ1n) is 3.91. The molecule has 0 aliphatic carbocycles. The molecule has 0 aromatic heterocycles. The quantitative estimate of drug-likeness (QED) is 0.775. The van der Waals surface area contributed by atoms with Crippen LogP contribution in [-0.2, 0) is 0 Å². The Balaban J connectivity index is 2.88. The summed E-state index contributed by atoms with van der Waals surface area (Å²) in [6.45, 7) is -0.613. The van der Waals surface area contributed by atoms with E-state index in [1.54, 1.807) is 0 Å². The Morgan fingerprint density at radius 1 is 1.31 bits per heavy atom. The van der Waals surface area contributed by atoms with Crippen LogP contribution < -0.4 is 5.73 Å². The molecule has 1 atom stereocenters. The zero-order valence-corrected chi connectivity index (χ0v) is 6.93. The van der Waals surface area contributed by atoms with Gasteiger partial charge in [0, 0.05) is 17.7 Å². The van der Waals surface area contributed by atoms with Crippen LogP contribution in [0.5, 0.6) is 0 Å². The van der Waals surface area contributed by atoms with E-state index in [0.717, 1.165) is 12.1 Å². The standard InChI is InChI=1S/C9H10F3N/c10-4-3-9(13)7-2-1-6(11)5-8(7)12/h1-2,5,9H,3-4,13H2/t9-/m0/s1. The lowest BCUT2D eigenvalue weighted by Crippen LogP contribution is -2.12. The van der Waals surface area contributed by atoms with Gasteiger partial charge in [-0.3, -0.25) is 4.39 Å². The van der Waals surface area contributed by atoms with Crippen LogP contribution in [0.15, 0.2) is 18.2 Å². The van der Waals surface area contributed by atoms with E-state index in [1.807, 2.05) is 0 Å². The molecule has 1 rings (SSSR count). The van der Waals surface area contributed by atoms with Gasteiger partial charge < -0.3 is 5.73 Å². The molecule has 13 heavy (non-hydrogen) atoms. The summed E-state index contributed by atoms with van der Waals surface area (Å²) >= 11 is 0. The highest BCUT2D eigenvalue weighted by Crippen LogP contribution is 2.18. The van der Waals surface area contributed by atoms with E-state index in [0.29, 0.717) is 0 Å². The third-order valence-corrected chi connectivity index (χ3v) is 1.78. The van der Waals surface area contributed by atoms with Gasteiger partial charge in [0.05, 0.1) is 6.67 Å². The van der Waals surface area contributed by atoms with Gasteiger partial charge in [0.15, 0.2) is 0 Å². The highest BCUT2D eigenvalue weighted by molar-refractivity contribution is 5.21. The van der Waals surface area contributed by atoms with Crippen LogP contribution in [0.4, 0.5) is 13.2 Å². The van der Waals surface area contributed by atoms with Crippen LogP contribution in [0.25, 0.3) is 0 Å². The molecule has 4 heteroatoms. The summed E-state index contributed by atoms with van der Waals surface area (Å²) < 4.78 is 37.3. The van der Waals surface area contributed by atoms with Gasteiger partial charge in [0.25, 0.3) is 0 Å². The molecule has 1 aromatic rings. The van der Waals surface area contributed by atoms with Crippen LogP contribution in [-0.4, -0.2) is 6.67 Å². The molecule has 0 fully saturated rings. The fourth-order valence-corrected chi connectivity index (χ4v) is 1.08. The highest BCUT2D eigenvalue weighted by Gasteiger charge is 2.11. The predicted molar refractivity (Wildman–Crippen MR) is 43.9 cm³/mol. The minimum Gasteiger partial charge on any atom is -0.324 e. The topological polar surface area (TPSA) is 26.0 Å². The van der Waals surface area contributed by atoms with Gasteiger partial charge in [-0.2, -0.15) is 0 Å². The van der Waals surface area contributed by atoms with Crippen molar-refractivity contribution in [3.63, 3.8) is 0 Å². The van der Waals surface area contributed by atoms with Gasteiger partial charge in [-0.1, -0.05) is 6.07 Å². The number of rotatable bonds is 3. The summed E-state index contributed by atoms with van der Waals surface area (Å²) in [6.07, 6.45) is 0.0442. The van der Waals surface area contributed by atoms with Crippen molar-refractivity contribution in [2.75, 3.05) is 6.67 Å². The molecule has 0 unspecified atom stereocenters. The minimum absolute atomic E-state index is 0.0442. The van der Waals surface area contributed by atoms with Crippen LogP contribution in [0.1, 0.15) is 18.0 Å². The van der Waals surface area contributed by atoms with Crippen molar-refractivity contribution in [2.24, 2.45) is 5.73 Å². The third kappa shape index (κ3) is 2.45. The molecular formula is C9H10F3N. The molecular weight excluding hydrogens is 179 g/mol. The second-order valence-electron chi connectivity index (χ2n) is 2.75. The molecule has 0 heterocycles. The Bertz CT molecular complexity index is 288. The molecule has 0 radical (unpaired) electrons. The van der Waals surface area contributed by atoms with Crippen molar-refractivity contribution in [1.82, 2.24) is 0 Å². The predicted octanol–water partition coefficient (Wildman–Crippen LogP) is 2.32. The molecule has 1 nitrogen and oxygen atoms in total. The number of halogens is 3. The fraction of sp³-hybridized carbons (Fsp3) is 0.333. The second-order valence-corrected chi connectivity index (χ2v) is 2.75. The van der Waals surface area contributed by atoms with Crippen molar-refractivity contribution in [3.8, 4) is 0 Å². The molecule has 0 bridgehead atoms. The zero-order chi connectivity index (χ0) is 9.84. The Kier molecular flexibility index (Phi) is 3.31. The monoisotopic (exact) mass is 189 g/mol. The average Bonchev–Trinajstić information content (AvgIpc) is 2.04. The summed E-state index contributed by atoms with van der Waals surface area (Å²) in [5, 5.41) is 0. The first-order valence-corrected chi connectivity index (χ1v) is 3.91. The highest BCUT2D eigenvalue weighted by atomic mass is 19.1. The lowest BCUT2D eigenvalue weighted by Gasteiger charge is -2.10. The third-order valence-electron chi connectivity index (χ3n) is 1.78. The minimum atomic E-state index is -0.721. The summed E-state index contributed by atoms with van der Waals surface area (Å²) in [4.78, 5) is 0. The molecule has 2 N–H and O–H groups in total. The Morgan fingerprint density at radius 2 is 2.00 bits per heavy atom. The van der Waals surface area contributed by atoms with Gasteiger partial charge >= 0.3 is 0 Å². The molecule has 0 amide bonds. The zero-order valence-electron chi connectivity index (χ0n) is 6.93. The maximum Gasteiger partial charge on any atom is 0.130 e. The van der Waals surface area contributed by atoms with E-state index in [-0.39, 0.29) is 12.0 Å². The van der Waals surface area contributed by atoms with Crippen LogP contribution in [0.3, 0.4) is 0 Å². The molecule has 0 aliphatic rings. The summed E-state index contributed by atoms with van der Waals surface area (Å²) in [6, 6.07) is 2.39. The Morgan fingerprint density at radius 3 is 2.54 bits per heavy atom. The summed E-state index contributed by atoms with van der Waals surface area (Å²) in [5.41, 5.74) is 5.61. The number of benzene rings is 1. The number of nitrogens with two attached hydrogens (primary N) is 1. The molecule has 0 spiro atoms. The smallest absolute Gasteiger partial charge is 0.130 e. The molecule has 0 aliphatic heterocycles. The second kappa shape index (κ2) is 4.28. The van der Waals surface area contributed by atoms with Crippen LogP contribution in [0, 0.1) is 11.6 Å². The van der Waals surface area contributed by atoms with E-state index in [9.17, 15) is 13.2 Å². The van der Waals surface area contributed by atoms with Crippen LogP contribution in [0.2, 0.25) is 0 Å². The Labute approximate surface area is 74.4 Å². The van der Waals surface area contributed by atoms with Gasteiger partial charge in [-0.05, 0) is 12.5 Å². The SMILES string of the molecule is N[C@@H](CCF)c1ccc(F)cc1F. The van der Waals surface area contributed by atoms with E-state index in [1.165, 1.54) is 6.07 Å². The molecule has 72 valence electrons. The van der Waals surface area contributed by atoms with Crippen LogP contribution >= 0.6 is 0 Å². The Hall–Kier alpha value is -1.03. The summed E-state index contributed by atoms with van der Waals surface area (Å²) in [5.74, 6) is -1.38. The van der Waals surface area contributed by atoms with Gasteiger partial charge in [0.2, 0.25) is 0 Å². The number of hydrogen-bond donors (Lipinski definition) is 1. The lowest BCUT2D eigenvalue weighted by molar-refractivity contribution is 0.434. The normalized spacial score (nSPS) is 12.9.